The van der Waals surface area contributed by atoms with Crippen LogP contribution in [0.5, 0.6) is 5.75 Å². The van der Waals surface area contributed by atoms with Crippen LogP contribution in [0.25, 0.3) is 0 Å². The Morgan fingerprint density at radius 1 is 1.38 bits per heavy atom. The summed E-state index contributed by atoms with van der Waals surface area (Å²) in [6.07, 6.45) is 0.621. The topological polar surface area (TPSA) is 63.7 Å². The second kappa shape index (κ2) is 5.65. The summed E-state index contributed by atoms with van der Waals surface area (Å²) in [5.41, 5.74) is 0.396. The standard InChI is InChI=1S/C11H11NO4/c1-16-10-4-2-3-9(5-10)11(15)6-12(7-13)8-14/h2-5,7-8H,6H2,1H3. The predicted octanol–water partition coefficient (Wildman–Crippen LogP) is 0.493. The van der Waals surface area contributed by atoms with Crippen molar-refractivity contribution < 1.29 is 19.1 Å². The number of methoxy groups -OCH3 is 1. The Kier molecular flexibility index (Phi) is 4.20. The van der Waals surface area contributed by atoms with Crippen LogP contribution in [0.15, 0.2) is 24.3 Å². The summed E-state index contributed by atoms with van der Waals surface area (Å²) in [6.45, 7) is -0.264. The van der Waals surface area contributed by atoms with Gasteiger partial charge in [0.1, 0.15) is 5.75 Å². The molecule has 0 radical (unpaired) electrons. The number of hydrogen-bond donors (Lipinski definition) is 0. The van der Waals surface area contributed by atoms with Crippen LogP contribution < -0.4 is 4.74 Å². The average molecular weight is 221 g/mol. The van der Waals surface area contributed by atoms with Gasteiger partial charge in [0.05, 0.1) is 13.7 Å². The molecule has 0 aromatic heterocycles. The average Bonchev–Trinajstić information content (AvgIpc) is 2.35. The smallest absolute Gasteiger partial charge is 0.216 e. The van der Waals surface area contributed by atoms with Crippen LogP contribution in [-0.2, 0) is 9.59 Å². The number of hydrogen-bond acceptors (Lipinski definition) is 4. The fourth-order valence-electron chi connectivity index (χ4n) is 1.15. The molecule has 2 amide bonds. The maximum absolute atomic E-state index is 11.6. The lowest BCUT2D eigenvalue weighted by Crippen LogP contribution is -2.27. The second-order valence-corrected chi connectivity index (χ2v) is 3.04. The van der Waals surface area contributed by atoms with Gasteiger partial charge in [0, 0.05) is 5.56 Å². The molecule has 0 aliphatic rings. The van der Waals surface area contributed by atoms with E-state index in [1.54, 1.807) is 24.3 Å². The summed E-state index contributed by atoms with van der Waals surface area (Å²) in [4.78, 5) is 33.1. The van der Waals surface area contributed by atoms with Crippen molar-refractivity contribution in [1.29, 1.82) is 0 Å². The van der Waals surface area contributed by atoms with Crippen LogP contribution in [0.4, 0.5) is 0 Å². The van der Waals surface area contributed by atoms with E-state index in [1.165, 1.54) is 7.11 Å². The number of imide groups is 1. The molecule has 1 aromatic rings. The Bertz CT molecular complexity index is 395. The number of ketones is 1. The number of ether oxygens (including phenoxy) is 1. The molecule has 0 aliphatic heterocycles. The van der Waals surface area contributed by atoms with Crippen molar-refractivity contribution >= 4 is 18.6 Å². The zero-order chi connectivity index (χ0) is 12.0. The van der Waals surface area contributed by atoms with Gasteiger partial charge in [0.25, 0.3) is 0 Å². The largest absolute Gasteiger partial charge is 0.497 e. The van der Waals surface area contributed by atoms with Gasteiger partial charge < -0.3 is 4.74 Å². The number of carbonyl (C=O) groups is 3. The van der Waals surface area contributed by atoms with Crippen molar-refractivity contribution in [1.82, 2.24) is 4.90 Å². The molecule has 0 N–H and O–H groups in total. The maximum Gasteiger partial charge on any atom is 0.216 e. The Morgan fingerprint density at radius 3 is 2.62 bits per heavy atom. The van der Waals surface area contributed by atoms with Gasteiger partial charge in [-0.3, -0.25) is 19.3 Å². The molecule has 0 bridgehead atoms. The van der Waals surface area contributed by atoms with Gasteiger partial charge in [-0.05, 0) is 12.1 Å². The van der Waals surface area contributed by atoms with Gasteiger partial charge in [-0.15, -0.1) is 0 Å². The predicted molar refractivity (Wildman–Crippen MR) is 56.2 cm³/mol. The summed E-state index contributed by atoms with van der Waals surface area (Å²) in [7, 11) is 1.49. The van der Waals surface area contributed by atoms with Gasteiger partial charge in [-0.25, -0.2) is 0 Å². The molecule has 0 spiro atoms. The summed E-state index contributed by atoms with van der Waals surface area (Å²) in [6, 6.07) is 6.51. The molecule has 0 saturated heterocycles. The molecule has 5 nitrogen and oxygen atoms in total. The number of benzene rings is 1. The van der Waals surface area contributed by atoms with Gasteiger partial charge in [0.15, 0.2) is 5.78 Å². The van der Waals surface area contributed by atoms with E-state index in [1.807, 2.05) is 0 Å². The van der Waals surface area contributed by atoms with Crippen molar-refractivity contribution in [3.05, 3.63) is 29.8 Å². The van der Waals surface area contributed by atoms with Gasteiger partial charge >= 0.3 is 0 Å². The lowest BCUT2D eigenvalue weighted by atomic mass is 10.1. The van der Waals surface area contributed by atoms with Crippen molar-refractivity contribution in [2.45, 2.75) is 0 Å². The first-order valence-corrected chi connectivity index (χ1v) is 4.55. The van der Waals surface area contributed by atoms with Crippen LogP contribution in [-0.4, -0.2) is 37.2 Å². The lowest BCUT2D eigenvalue weighted by Gasteiger charge is -2.08. The number of carbonyl (C=O) groups excluding carboxylic acids is 3. The number of rotatable bonds is 6. The minimum absolute atomic E-state index is 0.264. The van der Waals surface area contributed by atoms with Gasteiger partial charge in [0.2, 0.25) is 12.8 Å². The van der Waals surface area contributed by atoms with E-state index in [9.17, 15) is 14.4 Å². The fraction of sp³-hybridized carbons (Fsp3) is 0.182. The molecule has 0 fully saturated rings. The molecule has 0 unspecified atom stereocenters. The molecule has 0 aliphatic carbocycles. The maximum atomic E-state index is 11.6. The summed E-state index contributed by atoms with van der Waals surface area (Å²) < 4.78 is 4.96. The lowest BCUT2D eigenvalue weighted by molar-refractivity contribution is -0.128. The van der Waals surface area contributed by atoms with Crippen LogP contribution >= 0.6 is 0 Å². The summed E-state index contributed by atoms with van der Waals surface area (Å²) >= 11 is 0. The Labute approximate surface area is 92.6 Å². The van der Waals surface area contributed by atoms with Gasteiger partial charge in [-0.1, -0.05) is 12.1 Å². The zero-order valence-electron chi connectivity index (χ0n) is 8.75. The SMILES string of the molecule is COc1cccc(C(=O)CN(C=O)C=O)c1. The van der Waals surface area contributed by atoms with Crippen molar-refractivity contribution in [2.24, 2.45) is 0 Å². The van der Waals surface area contributed by atoms with Crippen molar-refractivity contribution in [3.8, 4) is 5.75 Å². The third-order valence-corrected chi connectivity index (χ3v) is 1.99. The highest BCUT2D eigenvalue weighted by molar-refractivity contribution is 5.99. The van der Waals surface area contributed by atoms with Crippen LogP contribution in [0.2, 0.25) is 0 Å². The number of amides is 2. The van der Waals surface area contributed by atoms with Crippen molar-refractivity contribution in [3.63, 3.8) is 0 Å². The fourth-order valence-corrected chi connectivity index (χ4v) is 1.15. The Hall–Kier alpha value is -2.17. The van der Waals surface area contributed by atoms with Crippen LogP contribution in [0.3, 0.4) is 0 Å². The van der Waals surface area contributed by atoms with E-state index >= 15 is 0 Å². The van der Waals surface area contributed by atoms with E-state index in [-0.39, 0.29) is 12.3 Å². The van der Waals surface area contributed by atoms with E-state index in [2.05, 4.69) is 0 Å². The van der Waals surface area contributed by atoms with Crippen LogP contribution in [0.1, 0.15) is 10.4 Å². The van der Waals surface area contributed by atoms with Gasteiger partial charge in [-0.2, -0.15) is 0 Å². The normalized spacial score (nSPS) is 9.31. The molecule has 16 heavy (non-hydrogen) atoms. The highest BCUT2D eigenvalue weighted by atomic mass is 16.5. The molecular formula is C11H11NO4. The summed E-state index contributed by atoms with van der Waals surface area (Å²) in [5, 5.41) is 0. The third kappa shape index (κ3) is 2.91. The highest BCUT2D eigenvalue weighted by Crippen LogP contribution is 2.13. The zero-order valence-corrected chi connectivity index (χ0v) is 8.75. The quantitative estimate of drug-likeness (QED) is 0.518. The summed E-state index contributed by atoms with van der Waals surface area (Å²) in [5.74, 6) is 0.229. The Morgan fingerprint density at radius 2 is 2.06 bits per heavy atom. The molecular weight excluding hydrogens is 210 g/mol. The molecule has 5 heteroatoms. The first-order valence-electron chi connectivity index (χ1n) is 4.55. The number of Topliss-reactive ketones (excluding diaryl/α,β-unsaturated/α-hetero) is 1. The van der Waals surface area contributed by atoms with Crippen LogP contribution in [0, 0.1) is 0 Å². The van der Waals surface area contributed by atoms with E-state index in [0.29, 0.717) is 24.1 Å². The third-order valence-electron chi connectivity index (χ3n) is 1.99. The minimum atomic E-state index is -0.321. The number of nitrogens with zero attached hydrogens (tertiary/aromatic N) is 1. The second-order valence-electron chi connectivity index (χ2n) is 3.04. The first kappa shape index (κ1) is 11.9. The Balaban J connectivity index is 2.79. The van der Waals surface area contributed by atoms with E-state index < -0.39 is 0 Å². The molecule has 1 aromatic carbocycles. The van der Waals surface area contributed by atoms with Crippen molar-refractivity contribution in [2.75, 3.05) is 13.7 Å². The molecule has 84 valence electrons. The monoisotopic (exact) mass is 221 g/mol. The minimum Gasteiger partial charge on any atom is -0.497 e. The first-order chi connectivity index (χ1) is 7.71. The van der Waals surface area contributed by atoms with E-state index in [4.69, 9.17) is 4.74 Å². The molecule has 1 rings (SSSR count). The molecule has 0 heterocycles. The highest BCUT2D eigenvalue weighted by Gasteiger charge is 2.10. The molecule has 0 saturated carbocycles. The van der Waals surface area contributed by atoms with E-state index in [0.717, 1.165) is 4.90 Å². The molecule has 0 atom stereocenters.